The lowest BCUT2D eigenvalue weighted by atomic mass is 10.0. The quantitative estimate of drug-likeness (QED) is 0.717. The van der Waals surface area contributed by atoms with Gasteiger partial charge in [0.15, 0.2) is 0 Å². The summed E-state index contributed by atoms with van der Waals surface area (Å²) >= 11 is 6.88. The number of hydrogen-bond donors (Lipinski definition) is 1. The first kappa shape index (κ1) is 17.0. The SMILES string of the molecule is O=C(CCCc1ccc(Br)s1)NC1CCSc2ccc(F)cc21. The van der Waals surface area contributed by atoms with Crippen LogP contribution in [0.25, 0.3) is 0 Å². The van der Waals surface area contributed by atoms with Crippen LogP contribution in [0.1, 0.15) is 35.7 Å². The van der Waals surface area contributed by atoms with Crippen molar-refractivity contribution in [2.45, 2.75) is 36.6 Å². The van der Waals surface area contributed by atoms with Crippen LogP contribution in [0.3, 0.4) is 0 Å². The molecule has 1 aliphatic heterocycles. The number of nitrogens with one attached hydrogen (secondary N) is 1. The normalized spacial score (nSPS) is 16.9. The molecule has 0 aliphatic carbocycles. The Morgan fingerprint density at radius 1 is 1.35 bits per heavy atom. The number of rotatable bonds is 5. The highest BCUT2D eigenvalue weighted by molar-refractivity contribution is 9.11. The molecule has 2 aromatic rings. The molecule has 3 rings (SSSR count). The Kier molecular flexibility index (Phi) is 5.77. The minimum Gasteiger partial charge on any atom is -0.349 e. The van der Waals surface area contributed by atoms with Crippen molar-refractivity contribution in [2.75, 3.05) is 5.75 Å². The van der Waals surface area contributed by atoms with E-state index in [1.807, 2.05) is 12.1 Å². The summed E-state index contributed by atoms with van der Waals surface area (Å²) in [6.07, 6.45) is 3.10. The zero-order valence-corrected chi connectivity index (χ0v) is 15.7. The van der Waals surface area contributed by atoms with Crippen LogP contribution in [-0.4, -0.2) is 11.7 Å². The van der Waals surface area contributed by atoms with Crippen LogP contribution in [0.4, 0.5) is 4.39 Å². The predicted molar refractivity (Wildman–Crippen MR) is 97.6 cm³/mol. The molecular weight excluding hydrogens is 397 g/mol. The Balaban J connectivity index is 1.53. The third-order valence-corrected chi connectivity index (χ3v) is 6.61. The summed E-state index contributed by atoms with van der Waals surface area (Å²) in [5.74, 6) is 0.758. The largest absolute Gasteiger partial charge is 0.349 e. The molecule has 122 valence electrons. The molecule has 2 heterocycles. The maximum absolute atomic E-state index is 13.5. The molecule has 1 aromatic heterocycles. The predicted octanol–water partition coefficient (Wildman–Crippen LogP) is 5.33. The number of hydrogen-bond acceptors (Lipinski definition) is 3. The molecule has 1 aliphatic rings. The number of aryl methyl sites for hydroxylation is 1. The molecule has 1 unspecified atom stereocenters. The van der Waals surface area contributed by atoms with Crippen molar-refractivity contribution >= 4 is 44.9 Å². The van der Waals surface area contributed by atoms with Crippen LogP contribution in [0, 0.1) is 5.82 Å². The van der Waals surface area contributed by atoms with Crippen molar-refractivity contribution in [1.82, 2.24) is 5.32 Å². The highest BCUT2D eigenvalue weighted by Gasteiger charge is 2.22. The molecule has 1 atom stereocenters. The van der Waals surface area contributed by atoms with Gasteiger partial charge in [0.05, 0.1) is 9.83 Å². The van der Waals surface area contributed by atoms with Gasteiger partial charge in [-0.2, -0.15) is 0 Å². The molecule has 0 saturated heterocycles. The molecule has 0 spiro atoms. The zero-order chi connectivity index (χ0) is 16.2. The van der Waals surface area contributed by atoms with E-state index in [-0.39, 0.29) is 17.8 Å². The minimum absolute atomic E-state index is 0.0488. The van der Waals surface area contributed by atoms with Gasteiger partial charge in [-0.3, -0.25) is 4.79 Å². The van der Waals surface area contributed by atoms with Crippen LogP contribution in [0.15, 0.2) is 39.0 Å². The average molecular weight is 414 g/mol. The minimum atomic E-state index is -0.242. The first-order chi connectivity index (χ1) is 11.1. The van der Waals surface area contributed by atoms with Crippen molar-refractivity contribution in [3.05, 3.63) is 50.4 Å². The summed E-state index contributed by atoms with van der Waals surface area (Å²) in [5, 5.41) is 3.07. The summed E-state index contributed by atoms with van der Waals surface area (Å²) in [7, 11) is 0. The van der Waals surface area contributed by atoms with E-state index >= 15 is 0 Å². The van der Waals surface area contributed by atoms with Crippen molar-refractivity contribution in [3.8, 4) is 0 Å². The van der Waals surface area contributed by atoms with Gasteiger partial charge in [-0.25, -0.2) is 4.39 Å². The lowest BCUT2D eigenvalue weighted by molar-refractivity contribution is -0.122. The highest BCUT2D eigenvalue weighted by atomic mass is 79.9. The third kappa shape index (κ3) is 4.58. The van der Waals surface area contributed by atoms with Gasteiger partial charge in [-0.15, -0.1) is 23.1 Å². The van der Waals surface area contributed by atoms with E-state index in [1.165, 1.54) is 10.9 Å². The van der Waals surface area contributed by atoms with Crippen LogP contribution in [0.5, 0.6) is 0 Å². The molecule has 0 bridgehead atoms. The Morgan fingerprint density at radius 2 is 2.22 bits per heavy atom. The van der Waals surface area contributed by atoms with E-state index in [4.69, 9.17) is 0 Å². The van der Waals surface area contributed by atoms with Crippen molar-refractivity contribution < 1.29 is 9.18 Å². The van der Waals surface area contributed by atoms with Crippen molar-refractivity contribution in [2.24, 2.45) is 0 Å². The lowest BCUT2D eigenvalue weighted by Gasteiger charge is -2.26. The van der Waals surface area contributed by atoms with Gasteiger partial charge in [-0.05, 0) is 71.1 Å². The van der Waals surface area contributed by atoms with Gasteiger partial charge in [-0.1, -0.05) is 0 Å². The highest BCUT2D eigenvalue weighted by Crippen LogP contribution is 2.36. The van der Waals surface area contributed by atoms with E-state index in [2.05, 4.69) is 27.3 Å². The average Bonchev–Trinajstić information content (AvgIpc) is 2.93. The van der Waals surface area contributed by atoms with Crippen molar-refractivity contribution in [1.29, 1.82) is 0 Å². The van der Waals surface area contributed by atoms with Crippen molar-refractivity contribution in [3.63, 3.8) is 0 Å². The number of carbonyl (C=O) groups is 1. The van der Waals surface area contributed by atoms with Crippen LogP contribution < -0.4 is 5.32 Å². The Bertz CT molecular complexity index is 704. The number of thiophene rings is 1. The molecule has 1 N–H and O–H groups in total. The molecule has 2 nitrogen and oxygen atoms in total. The summed E-state index contributed by atoms with van der Waals surface area (Å²) in [6, 6.07) is 8.90. The number of halogens is 2. The first-order valence-electron chi connectivity index (χ1n) is 7.57. The van der Waals surface area contributed by atoms with Gasteiger partial charge in [0.1, 0.15) is 5.82 Å². The monoisotopic (exact) mass is 413 g/mol. The van der Waals surface area contributed by atoms with Crippen LogP contribution in [-0.2, 0) is 11.2 Å². The molecule has 0 radical (unpaired) electrons. The summed E-state index contributed by atoms with van der Waals surface area (Å²) < 4.78 is 14.6. The van der Waals surface area contributed by atoms with E-state index in [9.17, 15) is 9.18 Å². The summed E-state index contributed by atoms with van der Waals surface area (Å²) in [6.45, 7) is 0. The van der Waals surface area contributed by atoms with Gasteiger partial charge in [0.2, 0.25) is 5.91 Å². The number of carbonyl (C=O) groups excluding carboxylic acids is 1. The van der Waals surface area contributed by atoms with Crippen LogP contribution in [0.2, 0.25) is 0 Å². The summed E-state index contributed by atoms with van der Waals surface area (Å²) in [5.41, 5.74) is 0.914. The lowest BCUT2D eigenvalue weighted by Crippen LogP contribution is -2.30. The smallest absolute Gasteiger partial charge is 0.220 e. The van der Waals surface area contributed by atoms with E-state index < -0.39 is 0 Å². The Morgan fingerprint density at radius 3 is 3.00 bits per heavy atom. The molecule has 6 heteroatoms. The standard InChI is InChI=1S/C17H17BrFNOS2/c18-16-7-5-12(23-16)2-1-3-17(21)20-14-8-9-22-15-6-4-11(19)10-13(14)15/h4-7,10,14H,1-3,8-9H2,(H,20,21). The fraction of sp³-hybridized carbons (Fsp3) is 0.353. The van der Waals surface area contributed by atoms with Gasteiger partial charge in [0.25, 0.3) is 0 Å². The van der Waals surface area contributed by atoms with E-state index in [0.29, 0.717) is 6.42 Å². The molecular formula is C17H17BrFNOS2. The topological polar surface area (TPSA) is 29.1 Å². The Hall–Kier alpha value is -0.850. The third-order valence-electron chi connectivity index (χ3n) is 3.80. The van der Waals surface area contributed by atoms with Crippen LogP contribution >= 0.6 is 39.0 Å². The maximum Gasteiger partial charge on any atom is 0.220 e. The molecule has 0 fully saturated rings. The van der Waals surface area contributed by atoms with Gasteiger partial charge < -0.3 is 5.32 Å². The second-order valence-corrected chi connectivity index (χ2v) is 9.18. The fourth-order valence-corrected chi connectivity index (χ4v) is 5.32. The van der Waals surface area contributed by atoms with E-state index in [1.54, 1.807) is 29.2 Å². The second kappa shape index (κ2) is 7.81. The number of benzene rings is 1. The van der Waals surface area contributed by atoms with E-state index in [0.717, 1.165) is 39.3 Å². The molecule has 23 heavy (non-hydrogen) atoms. The molecule has 1 amide bonds. The zero-order valence-electron chi connectivity index (χ0n) is 12.5. The number of thioether (sulfide) groups is 1. The van der Waals surface area contributed by atoms with Gasteiger partial charge in [0, 0.05) is 21.9 Å². The molecule has 1 aromatic carbocycles. The second-order valence-electron chi connectivity index (χ2n) is 5.50. The number of fused-ring (bicyclic) bond motifs is 1. The molecule has 0 saturated carbocycles. The Labute approximate surface area is 152 Å². The van der Waals surface area contributed by atoms with Gasteiger partial charge >= 0.3 is 0 Å². The fourth-order valence-electron chi connectivity index (χ4n) is 2.69. The first-order valence-corrected chi connectivity index (χ1v) is 10.2. The maximum atomic E-state index is 13.5. The summed E-state index contributed by atoms with van der Waals surface area (Å²) in [4.78, 5) is 14.5. The number of amides is 1.